The number of anilines is 1. The maximum absolute atomic E-state index is 5.32. The molecule has 1 heterocycles. The summed E-state index contributed by atoms with van der Waals surface area (Å²) >= 11 is 0. The summed E-state index contributed by atoms with van der Waals surface area (Å²) in [5, 5.41) is 3.51. The van der Waals surface area contributed by atoms with Crippen LogP contribution in [0.5, 0.6) is 5.75 Å². The highest BCUT2D eigenvalue weighted by atomic mass is 16.5. The number of methoxy groups -OCH3 is 1. The van der Waals surface area contributed by atoms with Gasteiger partial charge in [-0.2, -0.15) is 0 Å². The number of rotatable bonds is 7. The molecule has 1 aromatic rings. The van der Waals surface area contributed by atoms with Crippen LogP contribution in [-0.4, -0.2) is 18.1 Å². The number of nitrogens with one attached hydrogen (secondary N) is 1. The van der Waals surface area contributed by atoms with Crippen molar-refractivity contribution in [3.63, 3.8) is 0 Å². The van der Waals surface area contributed by atoms with Crippen LogP contribution in [0.3, 0.4) is 0 Å². The Morgan fingerprint density at radius 2 is 2.00 bits per heavy atom. The third kappa shape index (κ3) is 4.94. The highest BCUT2D eigenvalue weighted by molar-refractivity contribution is 5.56. The SMILES string of the molecule is COc1cnc(C)cc1NC(C)CCCC(C)C. The van der Waals surface area contributed by atoms with Crippen molar-refractivity contribution in [2.45, 2.75) is 53.0 Å². The molecule has 0 aliphatic rings. The third-order valence-corrected chi connectivity index (χ3v) is 3.04. The molecule has 0 fully saturated rings. The summed E-state index contributed by atoms with van der Waals surface area (Å²) in [5.41, 5.74) is 2.05. The molecule has 1 unspecified atom stereocenters. The van der Waals surface area contributed by atoms with Gasteiger partial charge in [0.1, 0.15) is 0 Å². The summed E-state index contributed by atoms with van der Waals surface area (Å²) in [6.07, 6.45) is 5.51. The monoisotopic (exact) mass is 250 g/mol. The van der Waals surface area contributed by atoms with Crippen molar-refractivity contribution in [2.24, 2.45) is 5.92 Å². The van der Waals surface area contributed by atoms with Gasteiger partial charge in [-0.05, 0) is 32.3 Å². The van der Waals surface area contributed by atoms with Gasteiger partial charge in [0.15, 0.2) is 5.75 Å². The van der Waals surface area contributed by atoms with Crippen molar-refractivity contribution in [3.8, 4) is 5.75 Å². The number of nitrogens with zero attached hydrogens (tertiary/aromatic N) is 1. The molecule has 0 saturated heterocycles. The van der Waals surface area contributed by atoms with E-state index in [0.717, 1.165) is 23.0 Å². The Labute approximate surface area is 111 Å². The Hall–Kier alpha value is -1.25. The first-order chi connectivity index (χ1) is 8.52. The Kier molecular flexibility index (Phi) is 5.96. The summed E-state index contributed by atoms with van der Waals surface area (Å²) in [4.78, 5) is 4.24. The molecule has 1 rings (SSSR count). The van der Waals surface area contributed by atoms with Crippen molar-refractivity contribution in [1.82, 2.24) is 4.98 Å². The molecule has 0 saturated carbocycles. The zero-order valence-electron chi connectivity index (χ0n) is 12.3. The molecule has 3 heteroatoms. The van der Waals surface area contributed by atoms with Gasteiger partial charge in [0, 0.05) is 11.7 Å². The molecular formula is C15H26N2O. The number of hydrogen-bond acceptors (Lipinski definition) is 3. The fourth-order valence-electron chi connectivity index (χ4n) is 1.99. The van der Waals surface area contributed by atoms with Crippen LogP contribution in [0, 0.1) is 12.8 Å². The third-order valence-electron chi connectivity index (χ3n) is 3.04. The van der Waals surface area contributed by atoms with Gasteiger partial charge < -0.3 is 10.1 Å². The minimum absolute atomic E-state index is 0.458. The predicted molar refractivity (Wildman–Crippen MR) is 77.3 cm³/mol. The van der Waals surface area contributed by atoms with E-state index >= 15 is 0 Å². The summed E-state index contributed by atoms with van der Waals surface area (Å²) in [7, 11) is 1.68. The average Bonchev–Trinajstić information content (AvgIpc) is 2.28. The summed E-state index contributed by atoms with van der Waals surface area (Å²) in [5.74, 6) is 1.60. The van der Waals surface area contributed by atoms with Crippen molar-refractivity contribution in [1.29, 1.82) is 0 Å². The smallest absolute Gasteiger partial charge is 0.160 e. The molecule has 0 aromatic carbocycles. The normalized spacial score (nSPS) is 12.6. The van der Waals surface area contributed by atoms with E-state index in [0.29, 0.717) is 6.04 Å². The lowest BCUT2D eigenvalue weighted by Crippen LogP contribution is -2.16. The van der Waals surface area contributed by atoms with Crippen LogP contribution in [-0.2, 0) is 0 Å². The lowest BCUT2D eigenvalue weighted by molar-refractivity contribution is 0.413. The molecule has 0 amide bonds. The van der Waals surface area contributed by atoms with Crippen LogP contribution in [0.2, 0.25) is 0 Å². The van der Waals surface area contributed by atoms with Gasteiger partial charge in [-0.3, -0.25) is 4.98 Å². The van der Waals surface area contributed by atoms with Gasteiger partial charge in [-0.15, -0.1) is 0 Å². The van der Waals surface area contributed by atoms with E-state index in [2.05, 4.69) is 31.1 Å². The fraction of sp³-hybridized carbons (Fsp3) is 0.667. The van der Waals surface area contributed by atoms with Gasteiger partial charge in [-0.25, -0.2) is 0 Å². The van der Waals surface area contributed by atoms with Crippen LogP contribution < -0.4 is 10.1 Å². The first-order valence-corrected chi connectivity index (χ1v) is 6.80. The first kappa shape index (κ1) is 14.8. The molecule has 0 bridgehead atoms. The lowest BCUT2D eigenvalue weighted by atomic mass is 10.0. The number of pyridine rings is 1. The van der Waals surface area contributed by atoms with Crippen LogP contribution in [0.4, 0.5) is 5.69 Å². The predicted octanol–water partition coefficient (Wildman–Crippen LogP) is 4.03. The topological polar surface area (TPSA) is 34.1 Å². The Morgan fingerprint density at radius 1 is 1.28 bits per heavy atom. The zero-order valence-corrected chi connectivity index (χ0v) is 12.3. The number of ether oxygens (including phenoxy) is 1. The standard InChI is InChI=1S/C15H26N2O/c1-11(2)7-6-8-12(3)17-14-9-13(4)16-10-15(14)18-5/h9-12H,6-8H2,1-5H3,(H,16,17). The van der Waals surface area contributed by atoms with E-state index in [4.69, 9.17) is 4.74 Å². The van der Waals surface area contributed by atoms with Crippen molar-refractivity contribution < 1.29 is 4.74 Å². The molecule has 1 N–H and O–H groups in total. The summed E-state index contributed by atoms with van der Waals surface area (Å²) in [6.45, 7) is 8.75. The molecule has 1 atom stereocenters. The van der Waals surface area contributed by atoms with Crippen LogP contribution in [0.1, 0.15) is 45.7 Å². The van der Waals surface area contributed by atoms with Crippen molar-refractivity contribution >= 4 is 5.69 Å². The van der Waals surface area contributed by atoms with E-state index in [1.807, 2.05) is 13.0 Å². The number of hydrogen-bond donors (Lipinski definition) is 1. The molecule has 0 spiro atoms. The van der Waals surface area contributed by atoms with Crippen LogP contribution >= 0.6 is 0 Å². The average molecular weight is 250 g/mol. The molecule has 18 heavy (non-hydrogen) atoms. The second-order valence-corrected chi connectivity index (χ2v) is 5.40. The fourth-order valence-corrected chi connectivity index (χ4v) is 1.99. The van der Waals surface area contributed by atoms with E-state index in [-0.39, 0.29) is 0 Å². The highest BCUT2D eigenvalue weighted by Gasteiger charge is 2.08. The van der Waals surface area contributed by atoms with Crippen LogP contribution in [0.15, 0.2) is 12.3 Å². The highest BCUT2D eigenvalue weighted by Crippen LogP contribution is 2.25. The molecular weight excluding hydrogens is 224 g/mol. The zero-order chi connectivity index (χ0) is 13.5. The Morgan fingerprint density at radius 3 is 2.61 bits per heavy atom. The van der Waals surface area contributed by atoms with Gasteiger partial charge in [0.2, 0.25) is 0 Å². The number of aryl methyl sites for hydroxylation is 1. The van der Waals surface area contributed by atoms with Gasteiger partial charge in [0.25, 0.3) is 0 Å². The molecule has 0 aliphatic heterocycles. The van der Waals surface area contributed by atoms with Gasteiger partial charge in [0.05, 0.1) is 19.0 Å². The van der Waals surface area contributed by atoms with E-state index < -0.39 is 0 Å². The lowest BCUT2D eigenvalue weighted by Gasteiger charge is -2.18. The minimum Gasteiger partial charge on any atom is -0.493 e. The second kappa shape index (κ2) is 7.24. The minimum atomic E-state index is 0.458. The number of aromatic nitrogens is 1. The Balaban J connectivity index is 2.52. The first-order valence-electron chi connectivity index (χ1n) is 6.80. The van der Waals surface area contributed by atoms with Gasteiger partial charge >= 0.3 is 0 Å². The molecule has 0 aliphatic carbocycles. The second-order valence-electron chi connectivity index (χ2n) is 5.40. The summed E-state index contributed by atoms with van der Waals surface area (Å²) in [6, 6.07) is 2.50. The molecule has 0 radical (unpaired) electrons. The van der Waals surface area contributed by atoms with Crippen molar-refractivity contribution in [2.75, 3.05) is 12.4 Å². The van der Waals surface area contributed by atoms with E-state index in [1.54, 1.807) is 13.3 Å². The Bertz CT molecular complexity index is 364. The molecule has 102 valence electrons. The maximum atomic E-state index is 5.32. The van der Waals surface area contributed by atoms with Crippen LogP contribution in [0.25, 0.3) is 0 Å². The maximum Gasteiger partial charge on any atom is 0.160 e. The largest absolute Gasteiger partial charge is 0.493 e. The van der Waals surface area contributed by atoms with Crippen molar-refractivity contribution in [3.05, 3.63) is 18.0 Å². The van der Waals surface area contributed by atoms with E-state index in [9.17, 15) is 0 Å². The van der Waals surface area contributed by atoms with E-state index in [1.165, 1.54) is 19.3 Å². The summed E-state index contributed by atoms with van der Waals surface area (Å²) < 4.78 is 5.32. The quantitative estimate of drug-likeness (QED) is 0.793. The molecule has 3 nitrogen and oxygen atoms in total. The van der Waals surface area contributed by atoms with Gasteiger partial charge in [-0.1, -0.05) is 26.7 Å². The molecule has 1 aromatic heterocycles.